The van der Waals surface area contributed by atoms with Gasteiger partial charge in [0.15, 0.2) is 0 Å². The molecule has 0 spiro atoms. The van der Waals surface area contributed by atoms with E-state index in [1.807, 2.05) is 0 Å². The van der Waals surface area contributed by atoms with Gasteiger partial charge in [0.1, 0.15) is 11.0 Å². The molecule has 0 radical (unpaired) electrons. The Kier molecular flexibility index (Phi) is 3.39. The van der Waals surface area contributed by atoms with Gasteiger partial charge < -0.3 is 4.74 Å². The lowest BCUT2D eigenvalue weighted by atomic mass is 9.67. The van der Waals surface area contributed by atoms with Crippen molar-refractivity contribution in [3.63, 3.8) is 0 Å². The minimum absolute atomic E-state index is 0.0831. The van der Waals surface area contributed by atoms with Gasteiger partial charge in [0, 0.05) is 0 Å². The molecule has 0 bridgehead atoms. The molecule has 0 atom stereocenters. The van der Waals surface area contributed by atoms with Crippen molar-refractivity contribution in [1.82, 2.24) is 0 Å². The maximum absolute atomic E-state index is 11.5. The molecular formula is C12H21ClO2. The summed E-state index contributed by atoms with van der Waals surface area (Å²) in [5.74, 6) is 0.357. The van der Waals surface area contributed by atoms with Crippen molar-refractivity contribution in [2.75, 3.05) is 0 Å². The van der Waals surface area contributed by atoms with E-state index in [0.29, 0.717) is 11.3 Å². The molecule has 1 aliphatic rings. The third-order valence-corrected chi connectivity index (χ3v) is 3.23. The van der Waals surface area contributed by atoms with Gasteiger partial charge in [0.2, 0.25) is 0 Å². The van der Waals surface area contributed by atoms with Crippen LogP contribution >= 0.6 is 11.6 Å². The van der Waals surface area contributed by atoms with Gasteiger partial charge in [-0.25, -0.2) is 0 Å². The number of halogens is 1. The average molecular weight is 233 g/mol. The van der Waals surface area contributed by atoms with Crippen LogP contribution in [-0.4, -0.2) is 16.9 Å². The van der Waals surface area contributed by atoms with E-state index in [9.17, 15) is 4.79 Å². The lowest BCUT2D eigenvalue weighted by Gasteiger charge is -2.43. The summed E-state index contributed by atoms with van der Waals surface area (Å²) in [6, 6.07) is 0. The summed E-state index contributed by atoms with van der Waals surface area (Å²) in [4.78, 5) is 10.6. The Morgan fingerprint density at radius 1 is 1.20 bits per heavy atom. The molecule has 0 unspecified atom stereocenters. The predicted octanol–water partition coefficient (Wildman–Crippen LogP) is 3.37. The van der Waals surface area contributed by atoms with Crippen LogP contribution in [0, 0.1) is 11.3 Å². The largest absolute Gasteiger partial charge is 0.461 e. The topological polar surface area (TPSA) is 26.3 Å². The Labute approximate surface area is 97.3 Å². The van der Waals surface area contributed by atoms with Crippen molar-refractivity contribution in [2.24, 2.45) is 11.3 Å². The summed E-state index contributed by atoms with van der Waals surface area (Å²) in [5.41, 5.74) is 0.319. The summed E-state index contributed by atoms with van der Waals surface area (Å²) >= 11 is 5.86. The van der Waals surface area contributed by atoms with Crippen LogP contribution in [0.2, 0.25) is 0 Å². The van der Waals surface area contributed by atoms with Crippen LogP contribution in [-0.2, 0) is 9.53 Å². The first kappa shape index (κ1) is 12.8. The summed E-state index contributed by atoms with van der Waals surface area (Å²) in [6.07, 6.45) is 2.03. The average Bonchev–Trinajstić information content (AvgIpc) is 1.90. The van der Waals surface area contributed by atoms with E-state index < -0.39 is 4.87 Å². The Balaban J connectivity index is 2.33. The predicted molar refractivity (Wildman–Crippen MR) is 62.0 cm³/mol. The van der Waals surface area contributed by atoms with Gasteiger partial charge in [0.05, 0.1) is 0 Å². The minimum atomic E-state index is -0.896. The molecule has 0 aliphatic heterocycles. The van der Waals surface area contributed by atoms with Crippen molar-refractivity contribution >= 4 is 17.6 Å². The molecule has 1 aliphatic carbocycles. The van der Waals surface area contributed by atoms with E-state index in [0.717, 1.165) is 12.8 Å². The number of carbonyl (C=O) groups excluding carboxylic acids is 1. The van der Waals surface area contributed by atoms with E-state index in [4.69, 9.17) is 16.3 Å². The monoisotopic (exact) mass is 232 g/mol. The van der Waals surface area contributed by atoms with Crippen LogP contribution in [0.3, 0.4) is 0 Å². The minimum Gasteiger partial charge on any atom is -0.461 e. The Hall–Kier alpha value is -0.240. The molecule has 0 amide bonds. The smallest absolute Gasteiger partial charge is 0.326 e. The zero-order valence-electron chi connectivity index (χ0n) is 10.3. The fourth-order valence-electron chi connectivity index (χ4n) is 1.66. The quantitative estimate of drug-likeness (QED) is 0.539. The summed E-state index contributed by atoms with van der Waals surface area (Å²) in [5, 5.41) is 0. The molecule has 0 saturated heterocycles. The molecule has 0 heterocycles. The highest BCUT2D eigenvalue weighted by Gasteiger charge is 2.40. The molecular weight excluding hydrogens is 212 g/mol. The first-order valence-corrected chi connectivity index (χ1v) is 5.88. The first-order valence-electron chi connectivity index (χ1n) is 5.50. The van der Waals surface area contributed by atoms with E-state index in [2.05, 4.69) is 20.8 Å². The highest BCUT2D eigenvalue weighted by Crippen LogP contribution is 2.43. The second-order valence-electron chi connectivity index (χ2n) is 6.03. The van der Waals surface area contributed by atoms with Gasteiger partial charge >= 0.3 is 5.97 Å². The summed E-state index contributed by atoms with van der Waals surface area (Å²) in [7, 11) is 0. The molecule has 0 N–H and O–H groups in total. The lowest BCUT2D eigenvalue weighted by molar-refractivity contribution is -0.160. The van der Waals surface area contributed by atoms with Crippen molar-refractivity contribution in [3.05, 3.63) is 0 Å². The van der Waals surface area contributed by atoms with Crippen LogP contribution in [0.5, 0.6) is 0 Å². The van der Waals surface area contributed by atoms with Gasteiger partial charge in [0.25, 0.3) is 0 Å². The van der Waals surface area contributed by atoms with Crippen molar-refractivity contribution in [3.8, 4) is 0 Å². The van der Waals surface area contributed by atoms with Gasteiger partial charge in [-0.3, -0.25) is 4.79 Å². The molecule has 3 heteroatoms. The molecule has 1 fully saturated rings. The van der Waals surface area contributed by atoms with Crippen LogP contribution in [0.25, 0.3) is 0 Å². The standard InChI is InChI=1S/C12H21ClO2/c1-11(2,3)8-6-9(7-8)15-10(14)12(4,5)13/h8-9H,6-7H2,1-5H3. The molecule has 88 valence electrons. The summed E-state index contributed by atoms with van der Waals surface area (Å²) < 4.78 is 5.31. The Morgan fingerprint density at radius 3 is 2.00 bits per heavy atom. The SMILES string of the molecule is CC(C)(Cl)C(=O)OC1CC(C(C)(C)C)C1. The van der Waals surface area contributed by atoms with Gasteiger partial charge in [-0.1, -0.05) is 20.8 Å². The van der Waals surface area contributed by atoms with E-state index in [-0.39, 0.29) is 12.1 Å². The number of carbonyl (C=O) groups is 1. The molecule has 15 heavy (non-hydrogen) atoms. The number of ether oxygens (including phenoxy) is 1. The molecule has 0 aromatic heterocycles. The fraction of sp³-hybridized carbons (Fsp3) is 0.917. The number of hydrogen-bond donors (Lipinski definition) is 0. The number of esters is 1. The third-order valence-electron chi connectivity index (χ3n) is 3.08. The summed E-state index contributed by atoms with van der Waals surface area (Å²) in [6.45, 7) is 10.00. The second kappa shape index (κ2) is 3.97. The molecule has 0 aromatic rings. The maximum Gasteiger partial charge on any atom is 0.326 e. The van der Waals surface area contributed by atoms with Crippen LogP contribution in [0.1, 0.15) is 47.5 Å². The zero-order chi connectivity index (χ0) is 11.9. The third kappa shape index (κ3) is 3.37. The van der Waals surface area contributed by atoms with E-state index >= 15 is 0 Å². The number of hydrogen-bond acceptors (Lipinski definition) is 2. The lowest BCUT2D eigenvalue weighted by Crippen LogP contribution is -2.42. The van der Waals surface area contributed by atoms with Crippen LogP contribution in [0.15, 0.2) is 0 Å². The fourth-order valence-corrected chi connectivity index (χ4v) is 1.71. The molecule has 1 saturated carbocycles. The van der Waals surface area contributed by atoms with Crippen molar-refractivity contribution in [1.29, 1.82) is 0 Å². The number of alkyl halides is 1. The van der Waals surface area contributed by atoms with Crippen LogP contribution < -0.4 is 0 Å². The zero-order valence-corrected chi connectivity index (χ0v) is 11.0. The molecule has 2 nitrogen and oxygen atoms in total. The highest BCUT2D eigenvalue weighted by molar-refractivity contribution is 6.33. The highest BCUT2D eigenvalue weighted by atomic mass is 35.5. The first-order chi connectivity index (χ1) is 6.60. The van der Waals surface area contributed by atoms with Crippen LogP contribution in [0.4, 0.5) is 0 Å². The van der Waals surface area contributed by atoms with Gasteiger partial charge in [-0.2, -0.15) is 0 Å². The van der Waals surface area contributed by atoms with Gasteiger partial charge in [-0.05, 0) is 38.0 Å². The Morgan fingerprint density at radius 2 is 1.67 bits per heavy atom. The molecule has 1 rings (SSSR count). The van der Waals surface area contributed by atoms with E-state index in [1.54, 1.807) is 13.8 Å². The van der Waals surface area contributed by atoms with E-state index in [1.165, 1.54) is 0 Å². The Bertz CT molecular complexity index is 241. The number of rotatable bonds is 2. The van der Waals surface area contributed by atoms with Gasteiger partial charge in [-0.15, -0.1) is 11.6 Å². The maximum atomic E-state index is 11.5. The van der Waals surface area contributed by atoms with Crippen molar-refractivity contribution < 1.29 is 9.53 Å². The molecule has 0 aromatic carbocycles. The normalized spacial score (nSPS) is 27.1. The second-order valence-corrected chi connectivity index (χ2v) is 6.98. The van der Waals surface area contributed by atoms with Crippen molar-refractivity contribution in [2.45, 2.75) is 58.4 Å².